The van der Waals surface area contributed by atoms with Crippen molar-refractivity contribution in [3.05, 3.63) is 95.8 Å². The molecule has 2 aromatic heterocycles. The number of nitrogens with one attached hydrogen (secondary N) is 1. The Balaban J connectivity index is 1.66. The molecule has 11 nitrogen and oxygen atoms in total. The number of nitriles is 1. The van der Waals surface area contributed by atoms with E-state index in [1.165, 1.54) is 48.7 Å². The van der Waals surface area contributed by atoms with Gasteiger partial charge in [0.2, 0.25) is 0 Å². The van der Waals surface area contributed by atoms with Crippen molar-refractivity contribution in [1.82, 2.24) is 4.98 Å². The highest BCUT2D eigenvalue weighted by molar-refractivity contribution is 7.11. The van der Waals surface area contributed by atoms with Crippen LogP contribution in [0.4, 0.5) is 17.1 Å². The van der Waals surface area contributed by atoms with Gasteiger partial charge in [-0.25, -0.2) is 9.78 Å². The summed E-state index contributed by atoms with van der Waals surface area (Å²) in [5, 5.41) is 36.5. The number of fused-ring (bicyclic) bond motifs is 1. The van der Waals surface area contributed by atoms with E-state index in [-0.39, 0.29) is 33.8 Å². The predicted molar refractivity (Wildman–Crippen MR) is 121 cm³/mol. The number of nitro benzene ring substituents is 2. The molecule has 4 rings (SSSR count). The number of hydrogen-bond acceptors (Lipinski definition) is 10. The lowest BCUT2D eigenvalue weighted by molar-refractivity contribution is -0.384. The molecule has 0 atom stereocenters. The molecule has 0 saturated heterocycles. The van der Waals surface area contributed by atoms with Crippen molar-refractivity contribution in [3.63, 3.8) is 0 Å². The first-order valence-corrected chi connectivity index (χ1v) is 10.0. The maximum atomic E-state index is 12.4. The summed E-state index contributed by atoms with van der Waals surface area (Å²) >= 11 is 1.10. The molecule has 12 heteroatoms. The third-order valence-electron chi connectivity index (χ3n) is 4.50. The quantitative estimate of drug-likeness (QED) is 0.185. The number of thiazole rings is 1. The van der Waals surface area contributed by atoms with Crippen LogP contribution in [-0.2, 0) is 0 Å². The molecular weight excluding hydrogens is 450 g/mol. The average Bonchev–Trinajstić information content (AvgIpc) is 3.28. The maximum absolute atomic E-state index is 12.4. The van der Waals surface area contributed by atoms with Crippen molar-refractivity contribution in [2.24, 2.45) is 0 Å². The Bertz CT molecular complexity index is 1550. The number of nitro groups is 2. The van der Waals surface area contributed by atoms with Crippen LogP contribution in [0.5, 0.6) is 0 Å². The summed E-state index contributed by atoms with van der Waals surface area (Å²) in [4.78, 5) is 37.6. The number of hydrogen-bond donors (Lipinski definition) is 1. The molecule has 0 bridgehead atoms. The molecule has 33 heavy (non-hydrogen) atoms. The summed E-state index contributed by atoms with van der Waals surface area (Å²) in [5.74, 6) is 0. The zero-order valence-electron chi connectivity index (χ0n) is 16.4. The molecular formula is C21H11N5O6S. The van der Waals surface area contributed by atoms with Gasteiger partial charge in [0.1, 0.15) is 22.2 Å². The van der Waals surface area contributed by atoms with Gasteiger partial charge < -0.3 is 9.73 Å². The van der Waals surface area contributed by atoms with Crippen LogP contribution in [0.2, 0.25) is 0 Å². The van der Waals surface area contributed by atoms with E-state index in [4.69, 9.17) is 4.42 Å². The summed E-state index contributed by atoms with van der Waals surface area (Å²) in [5.41, 5.74) is 0.149. The Kier molecular flexibility index (Phi) is 5.62. The van der Waals surface area contributed by atoms with Crippen LogP contribution >= 0.6 is 11.3 Å². The number of aromatic nitrogens is 1. The lowest BCUT2D eigenvalue weighted by Crippen LogP contribution is -2.03. The van der Waals surface area contributed by atoms with Crippen molar-refractivity contribution < 1.29 is 14.3 Å². The fraction of sp³-hybridized carbons (Fsp3) is 0. The van der Waals surface area contributed by atoms with E-state index in [0.29, 0.717) is 16.1 Å². The standard InChI is InChI=1S/C21H11N5O6S/c22-9-13(10-23-14-2-1-3-15(8-14)25(28)29)20-24-18(11-33-20)17-7-12-6-16(26(30)31)4-5-19(12)32-21(17)27/h1-8,10-11,23H/b13-10+. The van der Waals surface area contributed by atoms with Crippen LogP contribution in [0.15, 0.2) is 69.3 Å². The Morgan fingerprint density at radius 2 is 1.88 bits per heavy atom. The Hall–Kier alpha value is -4.89. The van der Waals surface area contributed by atoms with E-state index < -0.39 is 15.5 Å². The van der Waals surface area contributed by atoms with Crippen LogP contribution in [0.1, 0.15) is 5.01 Å². The Morgan fingerprint density at radius 3 is 2.61 bits per heavy atom. The van der Waals surface area contributed by atoms with Crippen LogP contribution in [0.25, 0.3) is 27.8 Å². The SMILES string of the molecule is N#C/C(=C\Nc1cccc([N+](=O)[O-])c1)c1nc(-c2cc3cc([N+](=O)[O-])ccc3oc2=O)cs1. The summed E-state index contributed by atoms with van der Waals surface area (Å²) in [6.45, 7) is 0. The van der Waals surface area contributed by atoms with Crippen LogP contribution in [0, 0.1) is 31.6 Å². The molecule has 0 spiro atoms. The van der Waals surface area contributed by atoms with Gasteiger partial charge in [0.25, 0.3) is 11.4 Å². The number of benzene rings is 2. The maximum Gasteiger partial charge on any atom is 0.345 e. The molecule has 162 valence electrons. The summed E-state index contributed by atoms with van der Waals surface area (Å²) in [7, 11) is 0. The Labute approximate surface area is 188 Å². The van der Waals surface area contributed by atoms with E-state index in [9.17, 15) is 30.3 Å². The third kappa shape index (κ3) is 4.43. The number of allylic oxidation sites excluding steroid dienone is 1. The first-order valence-electron chi connectivity index (χ1n) is 9.15. The normalized spacial score (nSPS) is 11.2. The molecule has 0 aliphatic carbocycles. The number of rotatable bonds is 6. The van der Waals surface area contributed by atoms with E-state index >= 15 is 0 Å². The molecule has 2 heterocycles. The fourth-order valence-electron chi connectivity index (χ4n) is 2.93. The zero-order chi connectivity index (χ0) is 23.5. The molecule has 0 aliphatic heterocycles. The minimum absolute atomic E-state index is 0.0921. The lowest BCUT2D eigenvalue weighted by Gasteiger charge is -2.01. The fourth-order valence-corrected chi connectivity index (χ4v) is 3.72. The topological polar surface area (TPSA) is 165 Å². The van der Waals surface area contributed by atoms with E-state index in [0.717, 1.165) is 11.3 Å². The zero-order valence-corrected chi connectivity index (χ0v) is 17.2. The first-order chi connectivity index (χ1) is 15.9. The second-order valence-electron chi connectivity index (χ2n) is 6.59. The second kappa shape index (κ2) is 8.69. The average molecular weight is 461 g/mol. The number of non-ortho nitro benzene ring substituents is 2. The van der Waals surface area contributed by atoms with Crippen molar-refractivity contribution in [3.8, 4) is 17.3 Å². The van der Waals surface area contributed by atoms with Gasteiger partial charge >= 0.3 is 5.63 Å². The summed E-state index contributed by atoms with van der Waals surface area (Å²) in [6.07, 6.45) is 1.36. The second-order valence-corrected chi connectivity index (χ2v) is 7.44. The van der Waals surface area contributed by atoms with Gasteiger partial charge in [0.05, 0.1) is 21.1 Å². The van der Waals surface area contributed by atoms with Gasteiger partial charge in [0.15, 0.2) is 0 Å². The molecule has 0 radical (unpaired) electrons. The van der Waals surface area contributed by atoms with Gasteiger partial charge in [-0.3, -0.25) is 20.2 Å². The van der Waals surface area contributed by atoms with Crippen molar-refractivity contribution in [2.45, 2.75) is 0 Å². The first kappa shape index (κ1) is 21.3. The van der Waals surface area contributed by atoms with Crippen LogP contribution in [-0.4, -0.2) is 14.8 Å². The number of anilines is 1. The predicted octanol–water partition coefficient (Wildman–Crippen LogP) is 4.71. The third-order valence-corrected chi connectivity index (χ3v) is 5.37. The summed E-state index contributed by atoms with van der Waals surface area (Å²) in [6, 6.07) is 13.1. The minimum atomic E-state index is -0.676. The summed E-state index contributed by atoms with van der Waals surface area (Å²) < 4.78 is 5.25. The molecule has 0 aliphatic rings. The molecule has 0 amide bonds. The highest BCUT2D eigenvalue weighted by Crippen LogP contribution is 2.28. The highest BCUT2D eigenvalue weighted by Gasteiger charge is 2.15. The van der Waals surface area contributed by atoms with Gasteiger partial charge in [-0.1, -0.05) is 6.07 Å². The molecule has 4 aromatic rings. The molecule has 1 N–H and O–H groups in total. The molecule has 0 saturated carbocycles. The van der Waals surface area contributed by atoms with Gasteiger partial charge in [-0.05, 0) is 18.2 Å². The number of nitrogens with zero attached hydrogens (tertiary/aromatic N) is 4. The lowest BCUT2D eigenvalue weighted by atomic mass is 10.1. The molecule has 0 fully saturated rings. The smallest absolute Gasteiger partial charge is 0.345 e. The largest absolute Gasteiger partial charge is 0.422 e. The van der Waals surface area contributed by atoms with Crippen molar-refractivity contribution in [2.75, 3.05) is 5.32 Å². The van der Waals surface area contributed by atoms with E-state index in [1.54, 1.807) is 11.4 Å². The highest BCUT2D eigenvalue weighted by atomic mass is 32.1. The van der Waals surface area contributed by atoms with Crippen molar-refractivity contribution >= 4 is 44.9 Å². The van der Waals surface area contributed by atoms with Gasteiger partial charge in [-0.15, -0.1) is 11.3 Å². The van der Waals surface area contributed by atoms with Crippen LogP contribution in [0.3, 0.4) is 0 Å². The van der Waals surface area contributed by atoms with Crippen molar-refractivity contribution in [1.29, 1.82) is 5.26 Å². The van der Waals surface area contributed by atoms with Gasteiger partial charge in [0, 0.05) is 46.9 Å². The van der Waals surface area contributed by atoms with Gasteiger partial charge in [-0.2, -0.15) is 5.26 Å². The molecule has 2 aromatic carbocycles. The monoisotopic (exact) mass is 461 g/mol. The Morgan fingerprint density at radius 1 is 1.12 bits per heavy atom. The van der Waals surface area contributed by atoms with E-state index in [2.05, 4.69) is 10.3 Å². The minimum Gasteiger partial charge on any atom is -0.422 e. The molecule has 0 unspecified atom stereocenters. The van der Waals surface area contributed by atoms with Crippen LogP contribution < -0.4 is 10.9 Å². The van der Waals surface area contributed by atoms with E-state index in [1.807, 2.05) is 6.07 Å².